The number of esters is 1. The maximum atomic E-state index is 13.2. The third-order valence-electron chi connectivity index (χ3n) is 6.78. The van der Waals surface area contributed by atoms with Crippen LogP contribution in [0.4, 0.5) is 5.69 Å². The fraction of sp³-hybridized carbons (Fsp3) is 0.609. The second-order valence-corrected chi connectivity index (χ2v) is 10.8. The molecule has 0 aromatic heterocycles. The zero-order chi connectivity index (χ0) is 21.4. The quantitative estimate of drug-likeness (QED) is 0.149. The standard InChI is InChI=1S/C23H27Br2NO4/c1-2-3-4-5-6-10-17(27)30-14-9-7-8-13(11-14)26-22(28)18-15-12-16(19(18)23(26)29)21(25)20(15)24/h7-9,11,15-16,18-21H,2-6,10,12H2,1H3/t15-,16-,18-,19+,20-,21+/m0/s1. The van der Waals surface area contributed by atoms with Gasteiger partial charge in [-0.05, 0) is 36.8 Å². The first-order valence-corrected chi connectivity index (χ1v) is 12.7. The second kappa shape index (κ2) is 9.11. The Morgan fingerprint density at radius 1 is 1.03 bits per heavy atom. The molecule has 2 bridgehead atoms. The van der Waals surface area contributed by atoms with Crippen molar-refractivity contribution < 1.29 is 19.1 Å². The Labute approximate surface area is 194 Å². The predicted octanol–water partition coefficient (Wildman–Crippen LogP) is 5.23. The van der Waals surface area contributed by atoms with Crippen LogP contribution in [-0.2, 0) is 14.4 Å². The monoisotopic (exact) mass is 539 g/mol. The van der Waals surface area contributed by atoms with Crippen LogP contribution in [0.5, 0.6) is 5.75 Å². The van der Waals surface area contributed by atoms with E-state index in [4.69, 9.17) is 4.74 Å². The van der Waals surface area contributed by atoms with Crippen molar-refractivity contribution in [2.75, 3.05) is 4.90 Å². The maximum absolute atomic E-state index is 13.2. The lowest BCUT2D eigenvalue weighted by Gasteiger charge is -2.28. The zero-order valence-electron chi connectivity index (χ0n) is 17.1. The van der Waals surface area contributed by atoms with Crippen LogP contribution in [0, 0.1) is 23.7 Å². The van der Waals surface area contributed by atoms with Crippen LogP contribution in [0.25, 0.3) is 0 Å². The summed E-state index contributed by atoms with van der Waals surface area (Å²) in [6, 6.07) is 6.78. The molecule has 7 heteroatoms. The number of benzene rings is 1. The normalized spacial score (nSPS) is 32.0. The fourth-order valence-corrected chi connectivity index (χ4v) is 7.22. The summed E-state index contributed by atoms with van der Waals surface area (Å²) in [5.74, 6) is -0.295. The van der Waals surface area contributed by atoms with Gasteiger partial charge in [0.05, 0.1) is 17.5 Å². The highest BCUT2D eigenvalue weighted by Gasteiger charge is 2.66. The molecular formula is C23H27Br2NO4. The highest BCUT2D eigenvalue weighted by atomic mass is 79.9. The average Bonchev–Trinajstić information content (AvgIpc) is 3.33. The third-order valence-corrected chi connectivity index (χ3v) is 9.99. The van der Waals surface area contributed by atoms with Crippen LogP contribution >= 0.6 is 31.9 Å². The van der Waals surface area contributed by atoms with E-state index in [-0.39, 0.29) is 51.1 Å². The fourth-order valence-electron chi connectivity index (χ4n) is 5.34. The molecule has 2 saturated carbocycles. The van der Waals surface area contributed by atoms with E-state index in [9.17, 15) is 14.4 Å². The second-order valence-electron chi connectivity index (χ2n) is 8.65. The number of imide groups is 1. The molecule has 2 amide bonds. The number of nitrogens with zero attached hydrogens (tertiary/aromatic N) is 1. The van der Waals surface area contributed by atoms with E-state index in [1.165, 1.54) is 17.7 Å². The number of alkyl halides is 2. The highest BCUT2D eigenvalue weighted by molar-refractivity contribution is 9.12. The summed E-state index contributed by atoms with van der Waals surface area (Å²) in [5, 5.41) is 0. The van der Waals surface area contributed by atoms with Crippen LogP contribution < -0.4 is 9.64 Å². The Balaban J connectivity index is 1.43. The van der Waals surface area contributed by atoms with Gasteiger partial charge >= 0.3 is 5.97 Å². The number of fused-ring (bicyclic) bond motifs is 5. The molecule has 3 aliphatic rings. The molecule has 3 fully saturated rings. The van der Waals surface area contributed by atoms with Crippen molar-refractivity contribution in [2.24, 2.45) is 23.7 Å². The Morgan fingerprint density at radius 3 is 2.30 bits per heavy atom. The van der Waals surface area contributed by atoms with Gasteiger partial charge in [0.1, 0.15) is 5.75 Å². The van der Waals surface area contributed by atoms with Gasteiger partial charge in [-0.3, -0.25) is 14.4 Å². The van der Waals surface area contributed by atoms with E-state index in [1.807, 2.05) is 0 Å². The van der Waals surface area contributed by atoms with Gasteiger partial charge in [-0.1, -0.05) is 70.5 Å². The number of hydrogen-bond donors (Lipinski definition) is 0. The minimum absolute atomic E-state index is 0.124. The lowest BCUT2D eigenvalue weighted by Crippen LogP contribution is -2.37. The van der Waals surface area contributed by atoms with E-state index < -0.39 is 0 Å². The first-order chi connectivity index (χ1) is 14.4. The van der Waals surface area contributed by atoms with Gasteiger partial charge in [0, 0.05) is 22.1 Å². The van der Waals surface area contributed by atoms with Gasteiger partial charge in [0.15, 0.2) is 0 Å². The number of unbranched alkanes of at least 4 members (excludes halogenated alkanes) is 4. The van der Waals surface area contributed by atoms with Gasteiger partial charge in [-0.2, -0.15) is 0 Å². The molecule has 1 aromatic rings. The Kier molecular flexibility index (Phi) is 6.68. The van der Waals surface area contributed by atoms with E-state index in [2.05, 4.69) is 38.8 Å². The lowest BCUT2D eigenvalue weighted by molar-refractivity contribution is -0.134. The summed E-state index contributed by atoms with van der Waals surface area (Å²) >= 11 is 7.41. The molecule has 1 saturated heterocycles. The van der Waals surface area contributed by atoms with Crippen LogP contribution in [0.3, 0.4) is 0 Å². The molecule has 0 radical (unpaired) electrons. The van der Waals surface area contributed by atoms with E-state index >= 15 is 0 Å². The third kappa shape index (κ3) is 3.88. The molecule has 2 aliphatic carbocycles. The van der Waals surface area contributed by atoms with Crippen molar-refractivity contribution in [1.82, 2.24) is 0 Å². The van der Waals surface area contributed by atoms with Crippen LogP contribution in [0.1, 0.15) is 51.9 Å². The van der Waals surface area contributed by atoms with Crippen molar-refractivity contribution in [1.29, 1.82) is 0 Å². The van der Waals surface area contributed by atoms with Crippen LogP contribution in [-0.4, -0.2) is 27.4 Å². The number of rotatable bonds is 8. The van der Waals surface area contributed by atoms with Gasteiger partial charge in [-0.15, -0.1) is 0 Å². The van der Waals surface area contributed by atoms with Gasteiger partial charge in [-0.25, -0.2) is 4.90 Å². The van der Waals surface area contributed by atoms with Crippen LogP contribution in [0.2, 0.25) is 0 Å². The summed E-state index contributed by atoms with van der Waals surface area (Å²) in [4.78, 5) is 40.2. The lowest BCUT2D eigenvalue weighted by atomic mass is 9.81. The number of anilines is 1. The molecule has 162 valence electrons. The predicted molar refractivity (Wildman–Crippen MR) is 122 cm³/mol. The van der Waals surface area contributed by atoms with Crippen molar-refractivity contribution in [2.45, 2.75) is 61.5 Å². The van der Waals surface area contributed by atoms with Crippen molar-refractivity contribution in [3.8, 4) is 5.75 Å². The Morgan fingerprint density at radius 2 is 1.67 bits per heavy atom. The Hall–Kier alpha value is -1.21. The summed E-state index contributed by atoms with van der Waals surface area (Å²) in [5.41, 5.74) is 0.490. The first-order valence-electron chi connectivity index (χ1n) is 10.9. The molecule has 0 N–H and O–H groups in total. The number of amides is 2. The number of ether oxygens (including phenoxy) is 1. The molecule has 30 heavy (non-hydrogen) atoms. The minimum Gasteiger partial charge on any atom is -0.426 e. The largest absolute Gasteiger partial charge is 0.426 e. The number of carbonyl (C=O) groups is 3. The molecule has 1 aromatic carbocycles. The molecule has 0 spiro atoms. The first kappa shape index (κ1) is 22.0. The van der Waals surface area contributed by atoms with Crippen LogP contribution in [0.15, 0.2) is 24.3 Å². The SMILES string of the molecule is CCCCCCCC(=O)Oc1cccc(N2C(=O)[C@@H]3[C@@H]4C[C@H]([C@H](Br)[C@@H]4Br)[C@@H]3C2=O)c1. The summed E-state index contributed by atoms with van der Waals surface area (Å²) in [6.07, 6.45) is 6.60. The van der Waals surface area contributed by atoms with E-state index in [0.717, 1.165) is 25.7 Å². The molecule has 6 atom stereocenters. The molecule has 0 unspecified atom stereocenters. The number of hydrogen-bond acceptors (Lipinski definition) is 4. The van der Waals surface area contributed by atoms with Gasteiger partial charge in [0.25, 0.3) is 0 Å². The van der Waals surface area contributed by atoms with Gasteiger partial charge in [0.2, 0.25) is 11.8 Å². The Bertz CT molecular complexity index is 812. The van der Waals surface area contributed by atoms with Crippen molar-refractivity contribution in [3.63, 3.8) is 0 Å². The number of halogens is 2. The van der Waals surface area contributed by atoms with Gasteiger partial charge < -0.3 is 4.74 Å². The molecule has 4 rings (SSSR count). The molecule has 1 aliphatic heterocycles. The van der Waals surface area contributed by atoms with Crippen molar-refractivity contribution in [3.05, 3.63) is 24.3 Å². The highest BCUT2D eigenvalue weighted by Crippen LogP contribution is 2.60. The minimum atomic E-state index is -0.276. The summed E-state index contributed by atoms with van der Waals surface area (Å²) in [7, 11) is 0. The van der Waals surface area contributed by atoms with Crippen molar-refractivity contribution >= 4 is 55.3 Å². The smallest absolute Gasteiger partial charge is 0.311 e. The maximum Gasteiger partial charge on any atom is 0.311 e. The zero-order valence-corrected chi connectivity index (χ0v) is 20.2. The van der Waals surface area contributed by atoms with E-state index in [0.29, 0.717) is 17.9 Å². The summed E-state index contributed by atoms with van der Waals surface area (Å²) < 4.78 is 5.47. The van der Waals surface area contributed by atoms with E-state index in [1.54, 1.807) is 24.3 Å². The molecular weight excluding hydrogens is 514 g/mol. The average molecular weight is 541 g/mol. The topological polar surface area (TPSA) is 63.7 Å². The summed E-state index contributed by atoms with van der Waals surface area (Å²) in [6.45, 7) is 2.16. The number of carbonyl (C=O) groups excluding carboxylic acids is 3. The molecule has 5 nitrogen and oxygen atoms in total. The molecule has 1 heterocycles.